The number of hydrogen-bond donors (Lipinski definition) is 1. The van der Waals surface area contributed by atoms with E-state index in [2.05, 4.69) is 11.4 Å². The zero-order valence-corrected chi connectivity index (χ0v) is 20.5. The number of likely N-dealkylation sites (N-methyl/N-ethyl adjacent to an activating group) is 1. The summed E-state index contributed by atoms with van der Waals surface area (Å²) in [5.41, 5.74) is 3.68. The van der Waals surface area contributed by atoms with Gasteiger partial charge in [0.25, 0.3) is 0 Å². The molecule has 0 aliphatic heterocycles. The first-order chi connectivity index (χ1) is 16.5. The van der Waals surface area contributed by atoms with Crippen molar-refractivity contribution in [1.29, 1.82) is 0 Å². The Balaban J connectivity index is 1.84. The van der Waals surface area contributed by atoms with E-state index in [-0.39, 0.29) is 29.9 Å². The summed E-state index contributed by atoms with van der Waals surface area (Å²) in [7, 11) is 0. The fourth-order valence-corrected chi connectivity index (χ4v) is 4.75. The molecule has 0 spiro atoms. The Bertz CT molecular complexity index is 1090. The highest BCUT2D eigenvalue weighted by atomic mass is 32.2. The fourth-order valence-electron chi connectivity index (χ4n) is 3.76. The first-order valence-electron chi connectivity index (χ1n) is 11.5. The Morgan fingerprint density at radius 1 is 0.941 bits per heavy atom. The average molecular weight is 479 g/mol. The van der Waals surface area contributed by atoms with Crippen molar-refractivity contribution in [2.24, 2.45) is 0 Å². The maximum Gasteiger partial charge on any atom is 0.243 e. The molecule has 0 saturated carbocycles. The standard InChI is InChI=1S/C28H31FN2O2S/c1-3-30-28(33)26(17-22-12-5-4-6-13-22)31(18-23-14-9-10-16-25(23)29)27(32)20-34-19-24-15-8-7-11-21(24)2/h4-16,26H,3,17-20H2,1-2H3,(H,30,33)/t26-/m0/s1. The van der Waals surface area contributed by atoms with Gasteiger partial charge >= 0.3 is 0 Å². The normalized spacial score (nSPS) is 11.6. The molecule has 34 heavy (non-hydrogen) atoms. The molecule has 2 amide bonds. The lowest BCUT2D eigenvalue weighted by Gasteiger charge is -2.31. The minimum absolute atomic E-state index is 0.0328. The van der Waals surface area contributed by atoms with Crippen molar-refractivity contribution in [3.05, 3.63) is 107 Å². The number of carbonyl (C=O) groups excluding carboxylic acids is 2. The third kappa shape index (κ3) is 7.19. The zero-order valence-electron chi connectivity index (χ0n) is 19.7. The van der Waals surface area contributed by atoms with Gasteiger partial charge in [-0.25, -0.2) is 4.39 Å². The molecule has 0 aliphatic carbocycles. The van der Waals surface area contributed by atoms with Crippen LogP contribution in [0.15, 0.2) is 78.9 Å². The molecular weight excluding hydrogens is 447 g/mol. The molecule has 1 atom stereocenters. The maximum atomic E-state index is 14.5. The van der Waals surface area contributed by atoms with Gasteiger partial charge in [0.1, 0.15) is 11.9 Å². The zero-order chi connectivity index (χ0) is 24.3. The van der Waals surface area contributed by atoms with E-state index in [1.54, 1.807) is 18.2 Å². The number of nitrogens with zero attached hydrogens (tertiary/aromatic N) is 1. The van der Waals surface area contributed by atoms with Crippen LogP contribution in [0.4, 0.5) is 4.39 Å². The second-order valence-corrected chi connectivity index (χ2v) is 9.12. The molecule has 0 aliphatic rings. The summed E-state index contributed by atoms with van der Waals surface area (Å²) in [6.45, 7) is 4.38. The van der Waals surface area contributed by atoms with Gasteiger partial charge in [0, 0.05) is 30.8 Å². The SMILES string of the molecule is CCNC(=O)[C@H](Cc1ccccc1)N(Cc1ccccc1F)C(=O)CSCc1ccccc1C. The lowest BCUT2D eigenvalue weighted by molar-refractivity contribution is -0.139. The highest BCUT2D eigenvalue weighted by Gasteiger charge is 2.30. The highest BCUT2D eigenvalue weighted by Crippen LogP contribution is 2.20. The van der Waals surface area contributed by atoms with Crippen LogP contribution in [0.25, 0.3) is 0 Å². The fraction of sp³-hybridized carbons (Fsp3) is 0.286. The second kappa shape index (κ2) is 12.9. The first-order valence-corrected chi connectivity index (χ1v) is 12.6. The summed E-state index contributed by atoms with van der Waals surface area (Å²) in [5, 5.41) is 2.86. The minimum atomic E-state index is -0.742. The van der Waals surface area contributed by atoms with Gasteiger partial charge in [0.2, 0.25) is 11.8 Å². The Labute approximate surface area is 205 Å². The van der Waals surface area contributed by atoms with E-state index in [0.717, 1.165) is 5.56 Å². The van der Waals surface area contributed by atoms with Gasteiger partial charge in [-0.05, 0) is 36.6 Å². The number of thioether (sulfide) groups is 1. The molecule has 0 aromatic heterocycles. The topological polar surface area (TPSA) is 49.4 Å². The van der Waals surface area contributed by atoms with Gasteiger partial charge < -0.3 is 10.2 Å². The van der Waals surface area contributed by atoms with Crippen LogP contribution in [0.5, 0.6) is 0 Å². The minimum Gasteiger partial charge on any atom is -0.355 e. The molecular formula is C28H31FN2O2S. The number of aryl methyl sites for hydroxylation is 1. The van der Waals surface area contributed by atoms with Crippen molar-refractivity contribution in [1.82, 2.24) is 10.2 Å². The van der Waals surface area contributed by atoms with E-state index < -0.39 is 6.04 Å². The summed E-state index contributed by atoms with van der Waals surface area (Å²) < 4.78 is 14.5. The van der Waals surface area contributed by atoms with E-state index in [1.165, 1.54) is 33.9 Å². The number of amides is 2. The van der Waals surface area contributed by atoms with E-state index in [1.807, 2.05) is 62.4 Å². The molecule has 0 heterocycles. The number of halogens is 1. The van der Waals surface area contributed by atoms with E-state index in [0.29, 0.717) is 24.3 Å². The summed E-state index contributed by atoms with van der Waals surface area (Å²) in [4.78, 5) is 28.1. The van der Waals surface area contributed by atoms with Crippen molar-refractivity contribution in [2.45, 2.75) is 38.6 Å². The Kier molecular flexibility index (Phi) is 9.71. The highest BCUT2D eigenvalue weighted by molar-refractivity contribution is 7.99. The summed E-state index contributed by atoms with van der Waals surface area (Å²) in [6, 6.07) is 23.3. The largest absolute Gasteiger partial charge is 0.355 e. The third-order valence-electron chi connectivity index (χ3n) is 5.66. The van der Waals surface area contributed by atoms with E-state index >= 15 is 0 Å². The number of benzene rings is 3. The van der Waals surface area contributed by atoms with Gasteiger partial charge in [0.05, 0.1) is 5.75 Å². The van der Waals surface area contributed by atoms with Gasteiger partial charge in [-0.2, -0.15) is 0 Å². The van der Waals surface area contributed by atoms with Crippen molar-refractivity contribution in [2.75, 3.05) is 12.3 Å². The number of hydrogen-bond acceptors (Lipinski definition) is 3. The van der Waals surface area contributed by atoms with Crippen molar-refractivity contribution in [3.63, 3.8) is 0 Å². The Hall–Kier alpha value is -3.12. The molecule has 0 bridgehead atoms. The quantitative estimate of drug-likeness (QED) is 0.415. The van der Waals surface area contributed by atoms with Crippen LogP contribution in [0, 0.1) is 12.7 Å². The lowest BCUT2D eigenvalue weighted by Crippen LogP contribution is -2.51. The molecule has 4 nitrogen and oxygen atoms in total. The lowest BCUT2D eigenvalue weighted by atomic mass is 10.0. The molecule has 0 fully saturated rings. The van der Waals surface area contributed by atoms with Crippen LogP contribution < -0.4 is 5.32 Å². The summed E-state index contributed by atoms with van der Waals surface area (Å²) in [6.07, 6.45) is 0.356. The van der Waals surface area contributed by atoms with Gasteiger partial charge in [-0.1, -0.05) is 72.8 Å². The molecule has 1 N–H and O–H groups in total. The number of rotatable bonds is 11. The molecule has 0 saturated heterocycles. The van der Waals surface area contributed by atoms with Gasteiger partial charge in [-0.3, -0.25) is 9.59 Å². The number of nitrogens with one attached hydrogen (secondary N) is 1. The molecule has 0 radical (unpaired) electrons. The molecule has 6 heteroatoms. The van der Waals surface area contributed by atoms with Gasteiger partial charge in [-0.15, -0.1) is 11.8 Å². The van der Waals surface area contributed by atoms with Crippen molar-refractivity contribution >= 4 is 23.6 Å². The Morgan fingerprint density at radius 2 is 1.59 bits per heavy atom. The predicted octanol–water partition coefficient (Wildman–Crippen LogP) is 5.14. The van der Waals surface area contributed by atoms with Crippen LogP contribution in [-0.4, -0.2) is 35.1 Å². The Morgan fingerprint density at radius 3 is 2.26 bits per heavy atom. The maximum absolute atomic E-state index is 14.5. The monoisotopic (exact) mass is 478 g/mol. The van der Waals surface area contributed by atoms with Crippen LogP contribution in [0.2, 0.25) is 0 Å². The van der Waals surface area contributed by atoms with Crippen LogP contribution in [0.3, 0.4) is 0 Å². The predicted molar refractivity (Wildman–Crippen MR) is 137 cm³/mol. The van der Waals surface area contributed by atoms with E-state index in [4.69, 9.17) is 0 Å². The smallest absolute Gasteiger partial charge is 0.243 e. The van der Waals surface area contributed by atoms with E-state index in [9.17, 15) is 14.0 Å². The molecule has 178 valence electrons. The average Bonchev–Trinajstić information content (AvgIpc) is 2.84. The number of carbonyl (C=O) groups is 2. The second-order valence-electron chi connectivity index (χ2n) is 8.13. The van der Waals surface area contributed by atoms with Crippen molar-refractivity contribution < 1.29 is 14.0 Å². The first kappa shape index (κ1) is 25.5. The van der Waals surface area contributed by atoms with Crippen molar-refractivity contribution in [3.8, 4) is 0 Å². The van der Waals surface area contributed by atoms with Crippen LogP contribution in [-0.2, 0) is 28.3 Å². The molecule has 3 aromatic carbocycles. The summed E-state index contributed by atoms with van der Waals surface area (Å²) >= 11 is 1.50. The molecule has 3 aromatic rings. The van der Waals surface area contributed by atoms with Crippen LogP contribution in [0.1, 0.15) is 29.2 Å². The molecule has 0 unspecified atom stereocenters. The van der Waals surface area contributed by atoms with Crippen LogP contribution >= 0.6 is 11.8 Å². The molecule has 3 rings (SSSR count). The third-order valence-corrected chi connectivity index (χ3v) is 6.63. The van der Waals surface area contributed by atoms with Gasteiger partial charge in [0.15, 0.2) is 0 Å². The summed E-state index contributed by atoms with van der Waals surface area (Å²) in [5.74, 6) is 0.0837.